The highest BCUT2D eigenvalue weighted by Crippen LogP contribution is 2.13. The van der Waals surface area contributed by atoms with Crippen LogP contribution in [-0.2, 0) is 16.4 Å². The molecule has 0 aliphatic rings. The van der Waals surface area contributed by atoms with Gasteiger partial charge in [0.2, 0.25) is 10.0 Å². The van der Waals surface area contributed by atoms with Crippen LogP contribution in [0.5, 0.6) is 5.75 Å². The Morgan fingerprint density at radius 1 is 1.12 bits per heavy atom. The van der Waals surface area contributed by atoms with E-state index in [1.165, 1.54) is 0 Å². The number of carbonyl (C=O) groups is 1. The summed E-state index contributed by atoms with van der Waals surface area (Å²) >= 11 is 0. The minimum absolute atomic E-state index is 0.176. The summed E-state index contributed by atoms with van der Waals surface area (Å²) in [4.78, 5) is 12.3. The van der Waals surface area contributed by atoms with Gasteiger partial charge in [-0.05, 0) is 42.3 Å². The number of rotatable bonds is 8. The molecule has 2 N–H and O–H groups in total. The number of amides is 1. The fourth-order valence-electron chi connectivity index (χ4n) is 2.30. The monoisotopic (exact) mass is 362 g/mol. The van der Waals surface area contributed by atoms with Gasteiger partial charge in [-0.1, -0.05) is 25.1 Å². The van der Waals surface area contributed by atoms with Crippen molar-refractivity contribution >= 4 is 15.9 Å². The first kappa shape index (κ1) is 19.0. The Kier molecular flexibility index (Phi) is 6.55. The third-order valence-corrected chi connectivity index (χ3v) is 5.16. The second kappa shape index (κ2) is 8.64. The van der Waals surface area contributed by atoms with Crippen molar-refractivity contribution in [3.8, 4) is 5.75 Å². The second-order valence-electron chi connectivity index (χ2n) is 5.38. The summed E-state index contributed by atoms with van der Waals surface area (Å²) in [5, 5.41) is 2.84. The third kappa shape index (κ3) is 5.30. The Hall–Kier alpha value is -2.38. The molecule has 7 heteroatoms. The Labute approximate surface area is 148 Å². The maximum atomic E-state index is 12.1. The van der Waals surface area contributed by atoms with Crippen molar-refractivity contribution in [2.24, 2.45) is 0 Å². The number of benzene rings is 2. The normalized spacial score (nSPS) is 11.1. The van der Waals surface area contributed by atoms with Crippen LogP contribution in [0.4, 0.5) is 0 Å². The molecule has 2 aromatic carbocycles. The molecule has 2 aromatic rings. The third-order valence-electron chi connectivity index (χ3n) is 3.60. The Morgan fingerprint density at radius 3 is 2.48 bits per heavy atom. The summed E-state index contributed by atoms with van der Waals surface area (Å²) < 4.78 is 31.3. The fraction of sp³-hybridized carbons (Fsp3) is 0.278. The molecule has 6 nitrogen and oxygen atoms in total. The van der Waals surface area contributed by atoms with Gasteiger partial charge in [0.05, 0.1) is 12.0 Å². The minimum atomic E-state index is -3.44. The van der Waals surface area contributed by atoms with Crippen molar-refractivity contribution in [3.05, 3.63) is 59.7 Å². The number of nitrogens with one attached hydrogen (secondary N) is 2. The minimum Gasteiger partial charge on any atom is -0.497 e. The average Bonchev–Trinajstić information content (AvgIpc) is 2.62. The van der Waals surface area contributed by atoms with Gasteiger partial charge < -0.3 is 10.1 Å². The molecule has 0 radical (unpaired) electrons. The molecule has 134 valence electrons. The van der Waals surface area contributed by atoms with Crippen LogP contribution in [0.2, 0.25) is 0 Å². The molecule has 0 aromatic heterocycles. The quantitative estimate of drug-likeness (QED) is 0.752. The molecular formula is C18H22N2O4S. The first-order valence-electron chi connectivity index (χ1n) is 7.97. The maximum Gasteiger partial charge on any atom is 0.251 e. The first-order valence-corrected chi connectivity index (χ1v) is 9.45. The van der Waals surface area contributed by atoms with Crippen LogP contribution in [-0.4, -0.2) is 34.5 Å². The van der Waals surface area contributed by atoms with E-state index < -0.39 is 10.0 Å². The number of hydrogen-bond acceptors (Lipinski definition) is 4. The molecule has 0 aliphatic heterocycles. The van der Waals surface area contributed by atoms with Crippen LogP contribution in [0.25, 0.3) is 0 Å². The van der Waals surface area contributed by atoms with Crippen LogP contribution in [0, 0.1) is 0 Å². The Balaban J connectivity index is 1.90. The zero-order chi connectivity index (χ0) is 18.3. The molecule has 2 rings (SSSR count). The standard InChI is InChI=1S/C18H22N2O4S/c1-3-20-25(22,23)17-9-7-14(8-10-17)11-12-19-18(21)15-5-4-6-16(13-15)24-2/h4-10,13,20H,3,11-12H2,1-2H3,(H,19,21). The zero-order valence-corrected chi connectivity index (χ0v) is 15.1. The van der Waals surface area contributed by atoms with Crippen LogP contribution < -0.4 is 14.8 Å². The number of sulfonamides is 1. The van der Waals surface area contributed by atoms with Crippen molar-refractivity contribution in [1.29, 1.82) is 0 Å². The molecule has 0 saturated carbocycles. The van der Waals surface area contributed by atoms with E-state index in [-0.39, 0.29) is 10.8 Å². The zero-order valence-electron chi connectivity index (χ0n) is 14.3. The Morgan fingerprint density at radius 2 is 1.84 bits per heavy atom. The van der Waals surface area contributed by atoms with Gasteiger partial charge in [0.25, 0.3) is 5.91 Å². The molecule has 0 spiro atoms. The molecule has 0 atom stereocenters. The molecule has 0 bridgehead atoms. The van der Waals surface area contributed by atoms with E-state index in [9.17, 15) is 13.2 Å². The second-order valence-corrected chi connectivity index (χ2v) is 7.15. The first-order chi connectivity index (χ1) is 12.0. The number of methoxy groups -OCH3 is 1. The smallest absolute Gasteiger partial charge is 0.251 e. The van der Waals surface area contributed by atoms with Crippen LogP contribution >= 0.6 is 0 Å². The lowest BCUT2D eigenvalue weighted by Crippen LogP contribution is -2.25. The van der Waals surface area contributed by atoms with Crippen LogP contribution in [0.1, 0.15) is 22.8 Å². The summed E-state index contributed by atoms with van der Waals surface area (Å²) in [6.07, 6.45) is 0.608. The van der Waals surface area contributed by atoms with Gasteiger partial charge in [0.15, 0.2) is 0 Å². The van der Waals surface area contributed by atoms with Crippen molar-refractivity contribution in [1.82, 2.24) is 10.0 Å². The topological polar surface area (TPSA) is 84.5 Å². The van der Waals surface area contributed by atoms with Crippen molar-refractivity contribution < 1.29 is 17.9 Å². The molecule has 0 saturated heterocycles. The fourth-order valence-corrected chi connectivity index (χ4v) is 3.34. The van der Waals surface area contributed by atoms with Gasteiger partial charge in [-0.15, -0.1) is 0 Å². The van der Waals surface area contributed by atoms with Gasteiger partial charge in [-0.3, -0.25) is 4.79 Å². The van der Waals surface area contributed by atoms with Crippen LogP contribution in [0.3, 0.4) is 0 Å². The molecule has 1 amide bonds. The van der Waals surface area contributed by atoms with Gasteiger partial charge >= 0.3 is 0 Å². The van der Waals surface area contributed by atoms with Gasteiger partial charge in [0.1, 0.15) is 5.75 Å². The lowest BCUT2D eigenvalue weighted by atomic mass is 10.1. The van der Waals surface area contributed by atoms with Crippen molar-refractivity contribution in [2.75, 3.05) is 20.2 Å². The molecule has 0 aliphatic carbocycles. The number of hydrogen-bond donors (Lipinski definition) is 2. The summed E-state index contributed by atoms with van der Waals surface area (Å²) in [7, 11) is -1.88. The molecule has 0 fully saturated rings. The molecule has 0 heterocycles. The SMILES string of the molecule is CCNS(=O)(=O)c1ccc(CCNC(=O)c2cccc(OC)c2)cc1. The van der Waals surface area contributed by atoms with E-state index in [2.05, 4.69) is 10.0 Å². The van der Waals surface area contributed by atoms with E-state index >= 15 is 0 Å². The molecular weight excluding hydrogens is 340 g/mol. The average molecular weight is 362 g/mol. The summed E-state index contributed by atoms with van der Waals surface area (Å²) in [6.45, 7) is 2.53. The Bertz CT molecular complexity index is 817. The molecule has 25 heavy (non-hydrogen) atoms. The van der Waals surface area contributed by atoms with Crippen molar-refractivity contribution in [2.45, 2.75) is 18.2 Å². The lowest BCUT2D eigenvalue weighted by molar-refractivity contribution is 0.0954. The number of carbonyl (C=O) groups excluding carboxylic acids is 1. The lowest BCUT2D eigenvalue weighted by Gasteiger charge is -2.08. The van der Waals surface area contributed by atoms with Gasteiger partial charge in [-0.2, -0.15) is 0 Å². The maximum absolute atomic E-state index is 12.1. The predicted octanol–water partition coefficient (Wildman–Crippen LogP) is 1.97. The molecule has 0 unspecified atom stereocenters. The summed E-state index contributed by atoms with van der Waals surface area (Å²) in [6, 6.07) is 13.6. The predicted molar refractivity (Wildman–Crippen MR) is 96.3 cm³/mol. The summed E-state index contributed by atoms with van der Waals surface area (Å²) in [5.74, 6) is 0.454. The van der Waals surface area contributed by atoms with Crippen LogP contribution in [0.15, 0.2) is 53.4 Å². The summed E-state index contributed by atoms with van der Waals surface area (Å²) in [5.41, 5.74) is 1.48. The van der Waals surface area contributed by atoms with Crippen molar-refractivity contribution in [3.63, 3.8) is 0 Å². The van der Waals surface area contributed by atoms with E-state index in [0.717, 1.165) is 5.56 Å². The van der Waals surface area contributed by atoms with Gasteiger partial charge in [0, 0.05) is 18.7 Å². The highest BCUT2D eigenvalue weighted by atomic mass is 32.2. The highest BCUT2D eigenvalue weighted by molar-refractivity contribution is 7.89. The van der Waals surface area contributed by atoms with E-state index in [1.54, 1.807) is 62.6 Å². The largest absolute Gasteiger partial charge is 0.497 e. The van der Waals surface area contributed by atoms with E-state index in [0.29, 0.717) is 30.8 Å². The van der Waals surface area contributed by atoms with Gasteiger partial charge in [-0.25, -0.2) is 13.1 Å². The number of ether oxygens (including phenoxy) is 1. The van der Waals surface area contributed by atoms with E-state index in [1.807, 2.05) is 0 Å². The highest BCUT2D eigenvalue weighted by Gasteiger charge is 2.12. The van der Waals surface area contributed by atoms with E-state index in [4.69, 9.17) is 4.74 Å².